The highest BCUT2D eigenvalue weighted by Crippen LogP contribution is 2.49. The Morgan fingerprint density at radius 1 is 0.409 bits per heavy atom. The van der Waals surface area contributed by atoms with Gasteiger partial charge in [-0.25, -0.2) is 4.79 Å². The highest BCUT2D eigenvalue weighted by molar-refractivity contribution is 5.92. The minimum absolute atomic E-state index is 0.00593. The Balaban J connectivity index is 1.04. The molecule has 10 aromatic carbocycles. The van der Waals surface area contributed by atoms with Crippen LogP contribution in [0.25, 0.3) is 0 Å². The molecule has 10 aromatic rings. The summed E-state index contributed by atoms with van der Waals surface area (Å²) < 4.78 is 66.9. The average Bonchev–Trinajstić information content (AvgIpc) is 2.62. The molecule has 0 saturated heterocycles. The van der Waals surface area contributed by atoms with Gasteiger partial charge in [0.1, 0.15) is 69.6 Å². The Hall–Kier alpha value is -10.5. The van der Waals surface area contributed by atoms with Gasteiger partial charge in [-0.15, -0.1) is 0 Å². The molecule has 12 heteroatoms. The minimum atomic E-state index is -1.05. The Labute approximate surface area is 513 Å². The number of hydrogen-bond acceptors (Lipinski definition) is 12. The van der Waals surface area contributed by atoms with Crippen molar-refractivity contribution in [2.75, 3.05) is 0 Å². The number of rotatable bonds is 27. The molecule has 0 fully saturated rings. The maximum atomic E-state index is 15.5. The lowest BCUT2D eigenvalue weighted by atomic mass is 9.93. The summed E-state index contributed by atoms with van der Waals surface area (Å²) in [5.41, 5.74) is 7.66. The van der Waals surface area contributed by atoms with Crippen LogP contribution in [0.5, 0.6) is 51.7 Å². The molecule has 0 bridgehead atoms. The molecule has 2 atom stereocenters. The van der Waals surface area contributed by atoms with Crippen LogP contribution in [0.15, 0.2) is 249 Å². The maximum absolute atomic E-state index is 15.5. The van der Waals surface area contributed by atoms with Gasteiger partial charge in [0.05, 0.1) is 5.56 Å². The summed E-state index contributed by atoms with van der Waals surface area (Å²) >= 11 is 0. The molecule has 1 aliphatic heterocycles. The van der Waals surface area contributed by atoms with Gasteiger partial charge in [0, 0.05) is 36.1 Å². The minimum Gasteiger partial charge on any atom is -0.489 e. The maximum Gasteiger partial charge on any atom is 0.338 e. The third kappa shape index (κ3) is 16.3. The summed E-state index contributed by atoms with van der Waals surface area (Å²) in [4.78, 5) is 29.1. The first-order valence-electron chi connectivity index (χ1n) is 29.5. The zero-order valence-electron chi connectivity index (χ0n) is 49.2. The van der Waals surface area contributed by atoms with Crippen LogP contribution in [0.2, 0.25) is 0 Å². The molecular weight excluding hydrogens is 1100 g/mol. The number of carbonyl (C=O) groups excluding carboxylic acids is 2. The molecule has 12 nitrogen and oxygen atoms in total. The van der Waals surface area contributed by atoms with Gasteiger partial charge in [-0.2, -0.15) is 0 Å². The van der Waals surface area contributed by atoms with E-state index in [1.807, 2.05) is 250 Å². The van der Waals surface area contributed by atoms with E-state index in [-0.39, 0.29) is 87.8 Å². The second kappa shape index (κ2) is 29.6. The number of ether oxygens (including phenoxy) is 10. The standard InChI is InChI=1S/C76H68O12/c1-53(2)38-72(77)88-75-69(83-50-58-32-18-7-19-33-58)41-62(42-70(75)84-51-59-34-20-8-21-35-59)76(78)87-71-45-64-65(80-47-55-26-12-4-13-27-55)43-63(79-46-54-24-10-3-11-25-54)44-66(64)86-73(71)61-39-67(81-48-56-28-14-5-15-29-56)74(85-52-60-36-22-9-23-37-60)68(40-61)82-49-57-30-16-6-17-31-57/h3-37,39-44,53,71,73H,38,45-52H2,1-2H3/t71-,73-/m1/s1. The second-order valence-corrected chi connectivity index (χ2v) is 21.7. The molecule has 1 aliphatic rings. The predicted octanol–water partition coefficient (Wildman–Crippen LogP) is 16.6. The van der Waals surface area contributed by atoms with E-state index in [0.717, 1.165) is 38.9 Å². The van der Waals surface area contributed by atoms with E-state index < -0.39 is 24.1 Å². The van der Waals surface area contributed by atoms with Crippen LogP contribution in [0.3, 0.4) is 0 Å². The van der Waals surface area contributed by atoms with Gasteiger partial charge in [-0.3, -0.25) is 4.79 Å². The number of carbonyl (C=O) groups is 2. The molecule has 0 unspecified atom stereocenters. The zero-order chi connectivity index (χ0) is 60.3. The Morgan fingerprint density at radius 3 is 1.15 bits per heavy atom. The van der Waals surface area contributed by atoms with Crippen molar-refractivity contribution in [3.63, 3.8) is 0 Å². The average molecular weight is 1170 g/mol. The van der Waals surface area contributed by atoms with Crippen molar-refractivity contribution in [1.29, 1.82) is 0 Å². The van der Waals surface area contributed by atoms with Gasteiger partial charge < -0.3 is 47.4 Å². The van der Waals surface area contributed by atoms with Crippen LogP contribution >= 0.6 is 0 Å². The van der Waals surface area contributed by atoms with Gasteiger partial charge >= 0.3 is 11.9 Å². The first kappa shape index (κ1) is 59.3. The number of esters is 2. The van der Waals surface area contributed by atoms with Gasteiger partial charge in [-0.05, 0) is 69.1 Å². The summed E-state index contributed by atoms with van der Waals surface area (Å²) in [6.45, 7) is 5.12. The zero-order valence-corrected chi connectivity index (χ0v) is 49.2. The van der Waals surface area contributed by atoms with E-state index in [2.05, 4.69) is 0 Å². The van der Waals surface area contributed by atoms with Crippen molar-refractivity contribution in [2.24, 2.45) is 5.92 Å². The summed E-state index contributed by atoms with van der Waals surface area (Å²) in [6.07, 6.45) is -1.84. The SMILES string of the molecule is CC(C)CC(=O)Oc1c(OCc2ccccc2)cc(C(=O)O[C@@H]2Cc3c(OCc4ccccc4)cc(OCc4ccccc4)cc3O[C@@H]2c2cc(OCc3ccccc3)c(OCc3ccccc3)c(OCc3ccccc3)c2)cc1OCc1ccccc1. The molecule has 11 rings (SSSR count). The number of hydrogen-bond donors (Lipinski definition) is 0. The molecular formula is C76H68O12. The highest BCUT2D eigenvalue weighted by atomic mass is 16.6. The van der Waals surface area contributed by atoms with E-state index in [1.54, 1.807) is 0 Å². The molecule has 0 saturated carbocycles. The fourth-order valence-corrected chi connectivity index (χ4v) is 9.99. The van der Waals surface area contributed by atoms with Crippen molar-refractivity contribution in [1.82, 2.24) is 0 Å². The molecule has 0 N–H and O–H groups in total. The summed E-state index contributed by atoms with van der Waals surface area (Å²) in [7, 11) is 0. The van der Waals surface area contributed by atoms with Crippen molar-refractivity contribution < 1.29 is 57.0 Å². The normalized spacial score (nSPS) is 13.3. The van der Waals surface area contributed by atoms with E-state index in [9.17, 15) is 4.79 Å². The van der Waals surface area contributed by atoms with Gasteiger partial charge in [0.2, 0.25) is 11.5 Å². The molecule has 0 aliphatic carbocycles. The van der Waals surface area contributed by atoms with Gasteiger partial charge in [-0.1, -0.05) is 226 Å². The first-order valence-corrected chi connectivity index (χ1v) is 29.5. The van der Waals surface area contributed by atoms with Crippen LogP contribution in [-0.4, -0.2) is 18.0 Å². The Morgan fingerprint density at radius 2 is 0.761 bits per heavy atom. The van der Waals surface area contributed by atoms with E-state index >= 15 is 4.79 Å². The van der Waals surface area contributed by atoms with Crippen molar-refractivity contribution in [3.05, 3.63) is 304 Å². The van der Waals surface area contributed by atoms with Gasteiger partial charge in [0.15, 0.2) is 29.1 Å². The smallest absolute Gasteiger partial charge is 0.338 e. The van der Waals surface area contributed by atoms with Crippen molar-refractivity contribution in [3.8, 4) is 51.7 Å². The summed E-state index contributed by atoms with van der Waals surface area (Å²) in [5, 5.41) is 0. The van der Waals surface area contributed by atoms with Crippen LogP contribution in [0.1, 0.15) is 86.8 Å². The van der Waals surface area contributed by atoms with Crippen LogP contribution in [0.4, 0.5) is 0 Å². The van der Waals surface area contributed by atoms with Crippen molar-refractivity contribution in [2.45, 2.75) is 85.1 Å². The number of fused-ring (bicyclic) bond motifs is 1. The Bertz CT molecular complexity index is 3720. The lowest BCUT2D eigenvalue weighted by Crippen LogP contribution is -2.35. The molecule has 0 aromatic heterocycles. The van der Waals surface area contributed by atoms with Crippen LogP contribution < -0.4 is 42.6 Å². The largest absolute Gasteiger partial charge is 0.489 e. The fourth-order valence-electron chi connectivity index (χ4n) is 9.99. The topological polar surface area (TPSA) is 126 Å². The second-order valence-electron chi connectivity index (χ2n) is 21.7. The predicted molar refractivity (Wildman–Crippen MR) is 336 cm³/mol. The third-order valence-corrected chi connectivity index (χ3v) is 14.5. The molecule has 444 valence electrons. The quantitative estimate of drug-likeness (QED) is 0.0359. The van der Waals surface area contributed by atoms with Crippen LogP contribution in [0, 0.1) is 5.92 Å². The Kier molecular flexibility index (Phi) is 19.9. The first-order chi connectivity index (χ1) is 43.2. The lowest BCUT2D eigenvalue weighted by molar-refractivity contribution is -0.135. The third-order valence-electron chi connectivity index (χ3n) is 14.5. The van der Waals surface area contributed by atoms with Gasteiger partial charge in [0.25, 0.3) is 0 Å². The molecule has 0 spiro atoms. The molecule has 0 amide bonds. The van der Waals surface area contributed by atoms with E-state index in [4.69, 9.17) is 47.4 Å². The van der Waals surface area contributed by atoms with Crippen LogP contribution in [-0.2, 0) is 62.2 Å². The van der Waals surface area contributed by atoms with E-state index in [1.165, 1.54) is 12.1 Å². The van der Waals surface area contributed by atoms with Crippen molar-refractivity contribution >= 4 is 11.9 Å². The summed E-state index contributed by atoms with van der Waals surface area (Å²) in [5.74, 6) is 1.55. The monoisotopic (exact) mass is 1170 g/mol. The molecule has 88 heavy (non-hydrogen) atoms. The summed E-state index contributed by atoms with van der Waals surface area (Å²) in [6, 6.07) is 79.0. The van der Waals surface area contributed by atoms with E-state index in [0.29, 0.717) is 45.6 Å². The number of benzene rings is 10. The highest BCUT2D eigenvalue weighted by Gasteiger charge is 2.39. The molecule has 0 radical (unpaired) electrons. The fraction of sp³-hybridized carbons (Fsp3) is 0.184. The molecule has 1 heterocycles. The lowest BCUT2D eigenvalue weighted by Gasteiger charge is -2.35.